The van der Waals surface area contributed by atoms with E-state index in [4.69, 9.17) is 0 Å². The van der Waals surface area contributed by atoms with Crippen molar-refractivity contribution in [2.45, 2.75) is 58.7 Å². The van der Waals surface area contributed by atoms with E-state index in [0.29, 0.717) is 38.6 Å². The number of carboxylic acid groups (broad SMARTS) is 1. The number of carbonyl (C=O) groups is 4. The Kier molecular flexibility index (Phi) is 12.8. The summed E-state index contributed by atoms with van der Waals surface area (Å²) in [7, 11) is 0. The summed E-state index contributed by atoms with van der Waals surface area (Å²) in [5.74, 6) is -1.20. The van der Waals surface area contributed by atoms with Gasteiger partial charge in [0.2, 0.25) is 5.91 Å². The summed E-state index contributed by atoms with van der Waals surface area (Å²) in [6.45, 7) is 6.45. The van der Waals surface area contributed by atoms with Crippen molar-refractivity contribution < 1.29 is 24.3 Å². The normalized spacial score (nSPS) is 11.5. The van der Waals surface area contributed by atoms with Crippen LogP contribution in [0.4, 0.5) is 4.79 Å². The zero-order valence-electron chi connectivity index (χ0n) is 21.7. The highest BCUT2D eigenvalue weighted by molar-refractivity contribution is 5.83. The number of urea groups is 1. The summed E-state index contributed by atoms with van der Waals surface area (Å²) in [5.41, 5.74) is 4.80. The molecule has 0 saturated heterocycles. The monoisotopic (exact) mass is 510 g/mol. The number of carboxylic acids is 1. The van der Waals surface area contributed by atoms with Crippen LogP contribution in [0.3, 0.4) is 0 Å². The topological polar surface area (TPSA) is 128 Å². The van der Waals surface area contributed by atoms with Crippen molar-refractivity contribution in [1.29, 1.82) is 0 Å². The second-order valence-electron chi connectivity index (χ2n) is 9.19. The second-order valence-corrected chi connectivity index (χ2v) is 9.19. The Bertz CT molecular complexity index is 961. The predicted molar refractivity (Wildman–Crippen MR) is 142 cm³/mol. The van der Waals surface area contributed by atoms with E-state index in [9.17, 15) is 24.3 Å². The molecule has 37 heavy (non-hydrogen) atoms. The van der Waals surface area contributed by atoms with Crippen molar-refractivity contribution in [3.05, 3.63) is 70.8 Å². The molecule has 0 saturated carbocycles. The Hall–Kier alpha value is -3.72. The van der Waals surface area contributed by atoms with E-state index >= 15 is 0 Å². The number of nitrogens with one attached hydrogen (secondary N) is 3. The number of unbranched alkanes of at least 4 members (excludes halogenated alkanes) is 1. The van der Waals surface area contributed by atoms with Gasteiger partial charge in [0, 0.05) is 32.6 Å². The SMILES string of the molecule is Cc1ccc(CN(CCC(=O)NCCCC[C@H](NC(=O)NCC=O)C(=O)O)Cc2ccc(C)cc2)cc1. The van der Waals surface area contributed by atoms with Gasteiger partial charge in [0.25, 0.3) is 0 Å². The van der Waals surface area contributed by atoms with Crippen LogP contribution in [-0.2, 0) is 27.5 Å². The molecular formula is C28H38N4O5. The third-order valence-electron chi connectivity index (χ3n) is 5.90. The number of aliphatic carboxylic acids is 1. The number of aldehydes is 1. The highest BCUT2D eigenvalue weighted by Crippen LogP contribution is 2.13. The minimum absolute atomic E-state index is 0.0565. The molecule has 1 atom stereocenters. The first-order valence-electron chi connectivity index (χ1n) is 12.6. The van der Waals surface area contributed by atoms with Crippen molar-refractivity contribution >= 4 is 24.2 Å². The zero-order chi connectivity index (χ0) is 27.0. The van der Waals surface area contributed by atoms with E-state index in [1.807, 2.05) is 0 Å². The fourth-order valence-electron chi connectivity index (χ4n) is 3.77. The van der Waals surface area contributed by atoms with Crippen molar-refractivity contribution in [2.75, 3.05) is 19.6 Å². The van der Waals surface area contributed by atoms with E-state index in [1.54, 1.807) is 0 Å². The number of carbonyl (C=O) groups excluding carboxylic acids is 3. The Morgan fingerprint density at radius 3 is 1.97 bits per heavy atom. The highest BCUT2D eigenvalue weighted by atomic mass is 16.4. The van der Waals surface area contributed by atoms with Gasteiger partial charge in [-0.3, -0.25) is 9.69 Å². The molecule has 0 radical (unpaired) electrons. The minimum Gasteiger partial charge on any atom is -0.480 e. The lowest BCUT2D eigenvalue weighted by Crippen LogP contribution is -2.46. The number of rotatable bonds is 16. The van der Waals surface area contributed by atoms with E-state index in [-0.39, 0.29) is 18.9 Å². The number of hydrogen-bond acceptors (Lipinski definition) is 5. The quantitative estimate of drug-likeness (QED) is 0.203. The van der Waals surface area contributed by atoms with Gasteiger partial charge < -0.3 is 25.9 Å². The molecule has 0 bridgehead atoms. The van der Waals surface area contributed by atoms with Crippen LogP contribution in [0.1, 0.15) is 47.9 Å². The van der Waals surface area contributed by atoms with Gasteiger partial charge in [0.1, 0.15) is 12.3 Å². The van der Waals surface area contributed by atoms with E-state index in [1.165, 1.54) is 22.3 Å². The average molecular weight is 511 g/mol. The van der Waals surface area contributed by atoms with E-state index in [2.05, 4.69) is 83.2 Å². The summed E-state index contributed by atoms with van der Waals surface area (Å²) in [6.07, 6.45) is 2.19. The fraction of sp³-hybridized carbons (Fsp3) is 0.429. The van der Waals surface area contributed by atoms with Gasteiger partial charge in [-0.2, -0.15) is 0 Å². The van der Waals surface area contributed by atoms with Gasteiger partial charge in [-0.05, 0) is 44.2 Å². The molecule has 200 valence electrons. The molecule has 0 aliphatic carbocycles. The molecule has 0 fully saturated rings. The van der Waals surface area contributed by atoms with Gasteiger partial charge in [-0.1, -0.05) is 59.7 Å². The van der Waals surface area contributed by atoms with Gasteiger partial charge >= 0.3 is 12.0 Å². The molecule has 0 unspecified atom stereocenters. The van der Waals surface area contributed by atoms with Crippen molar-refractivity contribution in [3.8, 4) is 0 Å². The molecule has 0 heterocycles. The average Bonchev–Trinajstić information content (AvgIpc) is 2.87. The summed E-state index contributed by atoms with van der Waals surface area (Å²) >= 11 is 0. The number of nitrogens with zero attached hydrogens (tertiary/aromatic N) is 1. The predicted octanol–water partition coefficient (Wildman–Crippen LogP) is 2.93. The van der Waals surface area contributed by atoms with Crippen molar-refractivity contribution in [1.82, 2.24) is 20.9 Å². The molecule has 2 rings (SSSR count). The smallest absolute Gasteiger partial charge is 0.326 e. The summed E-state index contributed by atoms with van der Waals surface area (Å²) in [6, 6.07) is 15.1. The number of benzene rings is 2. The maximum absolute atomic E-state index is 12.5. The lowest BCUT2D eigenvalue weighted by molar-refractivity contribution is -0.139. The third-order valence-corrected chi connectivity index (χ3v) is 5.90. The van der Waals surface area contributed by atoms with Crippen LogP contribution in [0.5, 0.6) is 0 Å². The molecule has 9 nitrogen and oxygen atoms in total. The van der Waals surface area contributed by atoms with Gasteiger partial charge in [-0.25, -0.2) is 9.59 Å². The first-order valence-corrected chi connectivity index (χ1v) is 12.6. The van der Waals surface area contributed by atoms with Gasteiger partial charge in [-0.15, -0.1) is 0 Å². The van der Waals surface area contributed by atoms with E-state index < -0.39 is 18.0 Å². The molecule has 2 aromatic carbocycles. The molecule has 0 aliphatic rings. The summed E-state index contributed by atoms with van der Waals surface area (Å²) < 4.78 is 0. The lowest BCUT2D eigenvalue weighted by Gasteiger charge is -2.23. The van der Waals surface area contributed by atoms with Gasteiger partial charge in [0.15, 0.2) is 0 Å². The highest BCUT2D eigenvalue weighted by Gasteiger charge is 2.19. The maximum atomic E-state index is 12.5. The molecule has 0 aliphatic heterocycles. The lowest BCUT2D eigenvalue weighted by atomic mass is 10.1. The maximum Gasteiger partial charge on any atom is 0.326 e. The number of amides is 3. The van der Waals surface area contributed by atoms with Crippen LogP contribution in [0, 0.1) is 13.8 Å². The zero-order valence-corrected chi connectivity index (χ0v) is 21.7. The molecule has 0 aromatic heterocycles. The van der Waals surface area contributed by atoms with Crippen LogP contribution in [0.25, 0.3) is 0 Å². The first-order chi connectivity index (χ1) is 17.8. The minimum atomic E-state index is -1.15. The molecule has 2 aromatic rings. The van der Waals surface area contributed by atoms with Crippen LogP contribution >= 0.6 is 0 Å². The van der Waals surface area contributed by atoms with Crippen LogP contribution in [-0.4, -0.2) is 59.9 Å². The van der Waals surface area contributed by atoms with Gasteiger partial charge in [0.05, 0.1) is 6.54 Å². The number of aryl methyl sites for hydroxylation is 2. The Labute approximate surface area is 218 Å². The first kappa shape index (κ1) is 29.5. The molecule has 9 heteroatoms. The summed E-state index contributed by atoms with van der Waals surface area (Å²) in [4.78, 5) is 47.9. The summed E-state index contributed by atoms with van der Waals surface area (Å²) in [5, 5.41) is 16.7. The largest absolute Gasteiger partial charge is 0.480 e. The molecule has 3 amide bonds. The van der Waals surface area contributed by atoms with Crippen molar-refractivity contribution in [3.63, 3.8) is 0 Å². The van der Waals surface area contributed by atoms with Crippen LogP contribution < -0.4 is 16.0 Å². The van der Waals surface area contributed by atoms with Crippen molar-refractivity contribution in [2.24, 2.45) is 0 Å². The fourth-order valence-corrected chi connectivity index (χ4v) is 3.77. The molecular weight excluding hydrogens is 472 g/mol. The van der Waals surface area contributed by atoms with E-state index in [0.717, 1.165) is 13.1 Å². The number of hydrogen-bond donors (Lipinski definition) is 4. The second kappa shape index (κ2) is 16.1. The van der Waals surface area contributed by atoms with Crippen LogP contribution in [0.2, 0.25) is 0 Å². The third kappa shape index (κ3) is 12.2. The molecule has 0 spiro atoms. The Morgan fingerprint density at radius 2 is 1.46 bits per heavy atom. The standard InChI is InChI=1S/C28H38N4O5/c1-21-6-10-23(11-7-21)19-32(20-24-12-8-22(2)9-13-24)17-14-26(34)29-15-4-3-5-25(27(35)36)31-28(37)30-16-18-33/h6-13,18,25H,3-5,14-17,19-20H2,1-2H3,(H,29,34)(H,35,36)(H2,30,31,37)/t25-/m0/s1. The molecule has 4 N–H and O–H groups in total. The Balaban J connectivity index is 1.77. The van der Waals surface area contributed by atoms with Crippen LogP contribution in [0.15, 0.2) is 48.5 Å². The Morgan fingerprint density at radius 1 is 0.892 bits per heavy atom.